The Hall–Kier alpha value is -4.82. The van der Waals surface area contributed by atoms with Crippen molar-refractivity contribution in [3.05, 3.63) is 88.0 Å². The smallest absolute Gasteiger partial charge is 0.279 e. The molecule has 3 N–H and O–H groups in total. The van der Waals surface area contributed by atoms with Crippen LogP contribution in [-0.4, -0.2) is 27.2 Å². The topological polar surface area (TPSA) is 142 Å². The van der Waals surface area contributed by atoms with E-state index < -0.39 is 0 Å². The molecule has 0 aliphatic heterocycles. The van der Waals surface area contributed by atoms with Gasteiger partial charge in [0, 0.05) is 23.3 Å². The Balaban J connectivity index is 1.63. The molecule has 0 aliphatic carbocycles. The van der Waals surface area contributed by atoms with E-state index in [0.29, 0.717) is 34.8 Å². The molecule has 2 heterocycles. The molecule has 36 heavy (non-hydrogen) atoms. The number of benzene rings is 2. The molecule has 11 nitrogen and oxygen atoms in total. The first kappa shape index (κ1) is 24.3. The SMILES string of the molecule is CCN=C(NC#N)Nc1cnc(Nc2ccc(Oc3ccon3)cc2)n(Cc2ccc(Cl)cc2)c1=O. The van der Waals surface area contributed by atoms with Gasteiger partial charge in [0.15, 0.2) is 6.19 Å². The van der Waals surface area contributed by atoms with E-state index in [2.05, 4.69) is 31.1 Å². The van der Waals surface area contributed by atoms with Gasteiger partial charge in [-0.05, 0) is 54.0 Å². The molecule has 0 bridgehead atoms. The standard InChI is InChI=1S/C24H21ClN8O3/c1-2-27-23(29-15-26)31-20-13-28-24(33(22(20)34)14-16-3-5-17(25)6-4-16)30-18-7-9-19(10-8-18)36-21-11-12-35-32-21/h3-13H,2,14H2,1H3,(H,28,30)(H2,27,29,31). The first-order chi connectivity index (χ1) is 17.6. The maximum absolute atomic E-state index is 13.4. The summed E-state index contributed by atoms with van der Waals surface area (Å²) in [5, 5.41) is 21.7. The maximum atomic E-state index is 13.4. The quantitative estimate of drug-likeness (QED) is 0.138. The first-order valence-electron chi connectivity index (χ1n) is 10.8. The molecule has 0 radical (unpaired) electrons. The zero-order chi connectivity index (χ0) is 25.3. The van der Waals surface area contributed by atoms with E-state index in [9.17, 15) is 4.79 Å². The van der Waals surface area contributed by atoms with Crippen LogP contribution in [0, 0.1) is 11.5 Å². The number of hydrogen-bond acceptors (Lipinski definition) is 8. The fourth-order valence-electron chi connectivity index (χ4n) is 3.16. The monoisotopic (exact) mass is 504 g/mol. The zero-order valence-electron chi connectivity index (χ0n) is 19.1. The number of hydrogen-bond donors (Lipinski definition) is 3. The number of guanidine groups is 1. The molecule has 2 aromatic heterocycles. The number of anilines is 3. The molecule has 2 aromatic carbocycles. The minimum absolute atomic E-state index is 0.153. The second-order valence-corrected chi connectivity index (χ2v) is 7.72. The van der Waals surface area contributed by atoms with Gasteiger partial charge in [0.25, 0.3) is 11.4 Å². The molecular formula is C24H21ClN8O3. The van der Waals surface area contributed by atoms with Gasteiger partial charge >= 0.3 is 0 Å². The minimum Gasteiger partial charge on any atom is -0.436 e. The summed E-state index contributed by atoms with van der Waals surface area (Å²) in [4.78, 5) is 22.0. The van der Waals surface area contributed by atoms with Crippen LogP contribution in [0.5, 0.6) is 11.6 Å². The average molecular weight is 505 g/mol. The summed E-state index contributed by atoms with van der Waals surface area (Å²) in [6, 6.07) is 15.8. The lowest BCUT2D eigenvalue weighted by Crippen LogP contribution is -2.33. The predicted molar refractivity (Wildman–Crippen MR) is 136 cm³/mol. The molecule has 0 unspecified atom stereocenters. The summed E-state index contributed by atoms with van der Waals surface area (Å²) in [7, 11) is 0. The van der Waals surface area contributed by atoms with Gasteiger partial charge in [0.1, 0.15) is 17.7 Å². The van der Waals surface area contributed by atoms with Crippen molar-refractivity contribution >= 4 is 34.9 Å². The summed E-state index contributed by atoms with van der Waals surface area (Å²) >= 11 is 6.01. The van der Waals surface area contributed by atoms with Crippen molar-refractivity contribution in [2.75, 3.05) is 17.2 Å². The Kier molecular flexibility index (Phi) is 7.80. The van der Waals surface area contributed by atoms with Crippen LogP contribution in [0.25, 0.3) is 0 Å². The van der Waals surface area contributed by atoms with E-state index in [0.717, 1.165) is 5.56 Å². The number of nitrogens with one attached hydrogen (secondary N) is 3. The number of nitriles is 1. The van der Waals surface area contributed by atoms with Crippen LogP contribution in [0.15, 0.2) is 81.4 Å². The van der Waals surface area contributed by atoms with E-state index in [1.54, 1.807) is 48.7 Å². The van der Waals surface area contributed by atoms with Gasteiger partial charge in [0.2, 0.25) is 11.9 Å². The molecular weight excluding hydrogens is 484 g/mol. The number of ether oxygens (including phenoxy) is 1. The van der Waals surface area contributed by atoms with Gasteiger partial charge in [-0.25, -0.2) is 4.98 Å². The van der Waals surface area contributed by atoms with Crippen molar-refractivity contribution in [3.8, 4) is 17.8 Å². The van der Waals surface area contributed by atoms with E-state index >= 15 is 0 Å². The van der Waals surface area contributed by atoms with Crippen LogP contribution in [0.3, 0.4) is 0 Å². The summed E-state index contributed by atoms with van der Waals surface area (Å²) in [5.74, 6) is 1.37. The van der Waals surface area contributed by atoms with Crippen molar-refractivity contribution in [1.29, 1.82) is 5.26 Å². The highest BCUT2D eigenvalue weighted by Gasteiger charge is 2.13. The van der Waals surface area contributed by atoms with Crippen molar-refractivity contribution in [2.45, 2.75) is 13.5 Å². The van der Waals surface area contributed by atoms with Crippen LogP contribution >= 0.6 is 11.6 Å². The largest absolute Gasteiger partial charge is 0.436 e. The van der Waals surface area contributed by atoms with Gasteiger partial charge in [0.05, 0.1) is 12.7 Å². The van der Waals surface area contributed by atoms with Crippen molar-refractivity contribution in [2.24, 2.45) is 4.99 Å². The van der Waals surface area contributed by atoms with Crippen LogP contribution in [-0.2, 0) is 6.54 Å². The summed E-state index contributed by atoms with van der Waals surface area (Å²) in [5.41, 5.74) is 1.31. The predicted octanol–water partition coefficient (Wildman–Crippen LogP) is 4.33. The summed E-state index contributed by atoms with van der Waals surface area (Å²) in [6.07, 6.45) is 4.60. The van der Waals surface area contributed by atoms with E-state index in [1.165, 1.54) is 17.0 Å². The fourth-order valence-corrected chi connectivity index (χ4v) is 3.28. The number of nitrogens with zero attached hydrogens (tertiary/aromatic N) is 5. The average Bonchev–Trinajstić information content (AvgIpc) is 3.39. The highest BCUT2D eigenvalue weighted by molar-refractivity contribution is 6.30. The van der Waals surface area contributed by atoms with Gasteiger partial charge in [-0.1, -0.05) is 23.7 Å². The maximum Gasteiger partial charge on any atom is 0.279 e. The summed E-state index contributed by atoms with van der Waals surface area (Å²) < 4.78 is 11.8. The second-order valence-electron chi connectivity index (χ2n) is 7.29. The number of aromatic nitrogens is 3. The third-order valence-electron chi connectivity index (χ3n) is 4.79. The first-order valence-corrected chi connectivity index (χ1v) is 11.2. The van der Waals surface area contributed by atoms with Crippen molar-refractivity contribution in [1.82, 2.24) is 20.0 Å². The molecule has 0 fully saturated rings. The lowest BCUT2D eigenvalue weighted by atomic mass is 10.2. The third kappa shape index (κ3) is 6.19. The minimum atomic E-state index is -0.364. The van der Waals surface area contributed by atoms with Gasteiger partial charge in [-0.15, -0.1) is 0 Å². The normalized spacial score (nSPS) is 11.0. The number of rotatable bonds is 8. The molecule has 0 saturated heterocycles. The molecule has 0 spiro atoms. The second kappa shape index (κ2) is 11.5. The number of halogens is 1. The Morgan fingerprint density at radius 2 is 1.97 bits per heavy atom. The third-order valence-corrected chi connectivity index (χ3v) is 5.04. The molecule has 12 heteroatoms. The highest BCUT2D eigenvalue weighted by atomic mass is 35.5. The Morgan fingerprint density at radius 3 is 2.64 bits per heavy atom. The number of aliphatic imine (C=N–C) groups is 1. The Morgan fingerprint density at radius 1 is 1.19 bits per heavy atom. The molecule has 4 rings (SSSR count). The van der Waals surface area contributed by atoms with Crippen molar-refractivity contribution in [3.63, 3.8) is 0 Å². The van der Waals surface area contributed by atoms with Gasteiger partial charge in [-0.2, -0.15) is 5.26 Å². The van der Waals surface area contributed by atoms with Gasteiger partial charge < -0.3 is 19.9 Å². The van der Waals surface area contributed by atoms with Crippen LogP contribution in [0.1, 0.15) is 12.5 Å². The molecule has 0 saturated carbocycles. The molecule has 0 atom stereocenters. The molecule has 182 valence electrons. The van der Waals surface area contributed by atoms with Crippen LogP contribution in [0.4, 0.5) is 17.3 Å². The van der Waals surface area contributed by atoms with Crippen LogP contribution in [0.2, 0.25) is 5.02 Å². The van der Waals surface area contributed by atoms with Crippen LogP contribution < -0.4 is 26.2 Å². The summed E-state index contributed by atoms with van der Waals surface area (Å²) in [6.45, 7) is 2.45. The Bertz CT molecular complexity index is 1430. The molecule has 4 aromatic rings. The molecule has 0 amide bonds. The van der Waals surface area contributed by atoms with E-state index in [4.69, 9.17) is 26.1 Å². The lowest BCUT2D eigenvalue weighted by Gasteiger charge is -2.16. The fraction of sp³-hybridized carbons (Fsp3) is 0.125. The zero-order valence-corrected chi connectivity index (χ0v) is 19.9. The Labute approximate surface area is 211 Å². The molecule has 0 aliphatic rings. The van der Waals surface area contributed by atoms with Crippen molar-refractivity contribution < 1.29 is 9.26 Å². The van der Waals surface area contributed by atoms with E-state index in [1.807, 2.05) is 19.1 Å². The highest BCUT2D eigenvalue weighted by Crippen LogP contribution is 2.23. The van der Waals surface area contributed by atoms with Gasteiger partial charge in [-0.3, -0.25) is 19.7 Å². The van der Waals surface area contributed by atoms with E-state index in [-0.39, 0.29) is 23.8 Å². The lowest BCUT2D eigenvalue weighted by molar-refractivity contribution is 0.367.